The lowest BCUT2D eigenvalue weighted by Crippen LogP contribution is -2.35. The van der Waals surface area contributed by atoms with Crippen LogP contribution in [-0.4, -0.2) is 38.5 Å². The Morgan fingerprint density at radius 2 is 1.68 bits per heavy atom. The molecular formula is C31H28N4O5. The average Bonchev–Trinajstić information content (AvgIpc) is 2.97. The highest BCUT2D eigenvalue weighted by Crippen LogP contribution is 2.14. The molecule has 0 aliphatic carbocycles. The Morgan fingerprint density at radius 3 is 2.40 bits per heavy atom. The van der Waals surface area contributed by atoms with Crippen LogP contribution < -0.4 is 15.8 Å². The van der Waals surface area contributed by atoms with E-state index in [0.29, 0.717) is 30.0 Å². The Labute approximate surface area is 230 Å². The van der Waals surface area contributed by atoms with Gasteiger partial charge in [0, 0.05) is 12.7 Å². The summed E-state index contributed by atoms with van der Waals surface area (Å²) in [4.78, 5) is 49.2. The van der Waals surface area contributed by atoms with Gasteiger partial charge in [0.25, 0.3) is 11.5 Å². The summed E-state index contributed by atoms with van der Waals surface area (Å²) < 4.78 is 14.2. The molecule has 0 bridgehead atoms. The smallest absolute Gasteiger partial charge is 0.341 e. The number of aryl methyl sites for hydroxylation is 2. The number of hydrogen-bond acceptors (Lipinski definition) is 6. The van der Waals surface area contributed by atoms with E-state index >= 15 is 0 Å². The zero-order chi connectivity index (χ0) is 28.1. The molecule has 9 heteroatoms. The van der Waals surface area contributed by atoms with E-state index < -0.39 is 18.0 Å². The summed E-state index contributed by atoms with van der Waals surface area (Å²) in [5.74, 6) is -0.779. The number of ether oxygens (including phenoxy) is 2. The standard InChI is InChI=1S/C31H28N4O5/c1-3-39-31(38)25-20-24-27(32-26-16-10-11-18-34(26)30(24)37)35(19-17-22-12-6-4-7-13-22)28(25)33-29(36)21(2)40-23-14-8-5-9-15-23/h4-16,18,20-21H,3,17,19H2,1-2H3. The van der Waals surface area contributed by atoms with Crippen molar-refractivity contribution in [2.75, 3.05) is 6.61 Å². The van der Waals surface area contributed by atoms with E-state index in [1.807, 2.05) is 36.4 Å². The minimum atomic E-state index is -0.939. The third-order valence-electron chi connectivity index (χ3n) is 6.37. The number of pyridine rings is 2. The van der Waals surface area contributed by atoms with E-state index in [2.05, 4.69) is 4.99 Å². The molecule has 0 saturated heterocycles. The van der Waals surface area contributed by atoms with Crippen LogP contribution in [0.3, 0.4) is 0 Å². The number of esters is 1. The molecule has 0 fully saturated rings. The monoisotopic (exact) mass is 536 g/mol. The number of para-hydroxylation sites is 1. The molecule has 1 atom stereocenters. The molecule has 0 aliphatic heterocycles. The molecule has 5 rings (SSSR count). The van der Waals surface area contributed by atoms with E-state index in [0.717, 1.165) is 5.56 Å². The second-order valence-electron chi connectivity index (χ2n) is 9.10. The van der Waals surface area contributed by atoms with Crippen LogP contribution in [0.25, 0.3) is 16.7 Å². The first-order valence-electron chi connectivity index (χ1n) is 13.0. The molecule has 0 spiro atoms. The van der Waals surface area contributed by atoms with Crippen LogP contribution in [-0.2, 0) is 22.5 Å². The fourth-order valence-electron chi connectivity index (χ4n) is 4.40. The highest BCUT2D eigenvalue weighted by Gasteiger charge is 2.22. The molecule has 2 aromatic carbocycles. The topological polar surface area (TPSA) is 104 Å². The quantitative estimate of drug-likeness (QED) is 0.220. The van der Waals surface area contributed by atoms with Crippen molar-refractivity contribution in [3.63, 3.8) is 0 Å². The van der Waals surface area contributed by atoms with E-state index in [4.69, 9.17) is 14.5 Å². The summed E-state index contributed by atoms with van der Waals surface area (Å²) >= 11 is 0. The maximum atomic E-state index is 13.5. The Bertz CT molecular complexity index is 1810. The molecule has 40 heavy (non-hydrogen) atoms. The van der Waals surface area contributed by atoms with Crippen molar-refractivity contribution in [2.24, 2.45) is 4.99 Å². The van der Waals surface area contributed by atoms with Gasteiger partial charge in [-0.15, -0.1) is 0 Å². The van der Waals surface area contributed by atoms with Gasteiger partial charge >= 0.3 is 5.97 Å². The minimum Gasteiger partial charge on any atom is -0.481 e. The molecule has 0 saturated carbocycles. The van der Waals surface area contributed by atoms with Crippen molar-refractivity contribution in [3.05, 3.63) is 118 Å². The van der Waals surface area contributed by atoms with E-state index in [1.165, 1.54) is 10.5 Å². The van der Waals surface area contributed by atoms with Crippen molar-refractivity contribution < 1.29 is 19.1 Å². The van der Waals surface area contributed by atoms with Crippen molar-refractivity contribution in [2.45, 2.75) is 32.9 Å². The number of aromatic nitrogens is 3. The summed E-state index contributed by atoms with van der Waals surface area (Å²) in [5, 5.41) is 0.208. The second kappa shape index (κ2) is 11.8. The van der Waals surface area contributed by atoms with Gasteiger partial charge in [0.15, 0.2) is 11.6 Å². The third-order valence-corrected chi connectivity index (χ3v) is 6.37. The highest BCUT2D eigenvalue weighted by molar-refractivity contribution is 5.94. The Hall–Kier alpha value is -5.05. The number of benzene rings is 2. The summed E-state index contributed by atoms with van der Waals surface area (Å²) in [6.45, 7) is 3.68. The van der Waals surface area contributed by atoms with E-state index in [-0.39, 0.29) is 28.6 Å². The van der Waals surface area contributed by atoms with Gasteiger partial charge in [0.1, 0.15) is 22.6 Å². The van der Waals surface area contributed by atoms with Crippen LogP contribution in [0.4, 0.5) is 0 Å². The van der Waals surface area contributed by atoms with Crippen LogP contribution in [0.5, 0.6) is 5.75 Å². The van der Waals surface area contributed by atoms with Gasteiger partial charge in [-0.3, -0.25) is 14.0 Å². The summed E-state index contributed by atoms with van der Waals surface area (Å²) in [6.07, 6.45) is 1.22. The number of hydrogen-bond donors (Lipinski definition) is 0. The molecule has 9 nitrogen and oxygen atoms in total. The van der Waals surface area contributed by atoms with Crippen molar-refractivity contribution >= 4 is 28.6 Å². The van der Waals surface area contributed by atoms with Gasteiger partial charge < -0.3 is 14.0 Å². The SMILES string of the molecule is CCOC(=O)c1cc2c(=O)n3ccccc3nc2n(CCc2ccccc2)c1=NC(=O)C(C)Oc1ccccc1. The van der Waals surface area contributed by atoms with Crippen LogP contribution in [0.15, 0.2) is 101 Å². The van der Waals surface area contributed by atoms with Crippen molar-refractivity contribution in [1.82, 2.24) is 14.0 Å². The number of rotatable bonds is 8. The zero-order valence-electron chi connectivity index (χ0n) is 22.2. The van der Waals surface area contributed by atoms with Crippen LogP contribution in [0, 0.1) is 0 Å². The third kappa shape index (κ3) is 5.54. The molecule has 1 amide bonds. The van der Waals surface area contributed by atoms with Crippen molar-refractivity contribution in [3.8, 4) is 5.75 Å². The molecule has 0 radical (unpaired) electrons. The summed E-state index contributed by atoms with van der Waals surface area (Å²) in [6, 6.07) is 25.3. The predicted molar refractivity (Wildman–Crippen MR) is 150 cm³/mol. The first-order valence-corrected chi connectivity index (χ1v) is 13.0. The zero-order valence-corrected chi connectivity index (χ0v) is 22.2. The maximum absolute atomic E-state index is 13.5. The normalized spacial score (nSPS) is 12.4. The van der Waals surface area contributed by atoms with Crippen LogP contribution in [0.2, 0.25) is 0 Å². The lowest BCUT2D eigenvalue weighted by Gasteiger charge is -2.16. The number of fused-ring (bicyclic) bond motifs is 2. The van der Waals surface area contributed by atoms with Gasteiger partial charge in [0.2, 0.25) is 0 Å². The Balaban J connectivity index is 1.74. The average molecular weight is 537 g/mol. The molecule has 3 aromatic heterocycles. The molecular weight excluding hydrogens is 508 g/mol. The molecule has 1 unspecified atom stereocenters. The number of nitrogens with zero attached hydrogens (tertiary/aromatic N) is 4. The lowest BCUT2D eigenvalue weighted by molar-refractivity contribution is -0.124. The van der Waals surface area contributed by atoms with E-state index in [1.54, 1.807) is 67.1 Å². The summed E-state index contributed by atoms with van der Waals surface area (Å²) in [5.41, 5.74) is 1.47. The predicted octanol–water partition coefficient (Wildman–Crippen LogP) is 3.96. The van der Waals surface area contributed by atoms with E-state index in [9.17, 15) is 14.4 Å². The van der Waals surface area contributed by atoms with Gasteiger partial charge in [-0.1, -0.05) is 54.6 Å². The van der Waals surface area contributed by atoms with Gasteiger partial charge in [0.05, 0.1) is 12.0 Å². The lowest BCUT2D eigenvalue weighted by atomic mass is 10.1. The van der Waals surface area contributed by atoms with Crippen LogP contribution >= 0.6 is 0 Å². The first-order chi connectivity index (χ1) is 19.5. The molecule has 3 heterocycles. The Morgan fingerprint density at radius 1 is 0.975 bits per heavy atom. The molecule has 0 aliphatic rings. The first kappa shape index (κ1) is 26.6. The number of carbonyl (C=O) groups is 2. The number of amides is 1. The summed E-state index contributed by atoms with van der Waals surface area (Å²) in [7, 11) is 0. The van der Waals surface area contributed by atoms with Gasteiger partial charge in [-0.25, -0.2) is 9.78 Å². The van der Waals surface area contributed by atoms with Crippen LogP contribution in [0.1, 0.15) is 29.8 Å². The fourth-order valence-corrected chi connectivity index (χ4v) is 4.40. The van der Waals surface area contributed by atoms with Gasteiger partial charge in [-0.2, -0.15) is 4.99 Å². The Kier molecular flexibility index (Phi) is 7.82. The molecule has 0 N–H and O–H groups in total. The minimum absolute atomic E-state index is 0.00236. The largest absolute Gasteiger partial charge is 0.481 e. The fraction of sp³-hybridized carbons (Fsp3) is 0.194. The van der Waals surface area contributed by atoms with Crippen molar-refractivity contribution in [1.29, 1.82) is 0 Å². The maximum Gasteiger partial charge on any atom is 0.341 e. The highest BCUT2D eigenvalue weighted by atomic mass is 16.5. The molecule has 5 aromatic rings. The molecule has 202 valence electrons. The van der Waals surface area contributed by atoms with Gasteiger partial charge in [-0.05, 0) is 56.2 Å². The second-order valence-corrected chi connectivity index (χ2v) is 9.10. The number of carbonyl (C=O) groups excluding carboxylic acids is 2.